The SMILES string of the molecule is CC/C=C\C/C=C\C/C=C\C/C=C\C/C=C\C/C=C\CCCCCCCCC(=O)OCC(COC(=O)CCCCCCCCCCCCCCCCC)OC(=O)CCCCCCC/C=C\C/C=C\CCCCCC. The van der Waals surface area contributed by atoms with E-state index in [4.69, 9.17) is 14.2 Å². The first-order valence-electron chi connectivity index (χ1n) is 31.2. The van der Waals surface area contributed by atoms with E-state index < -0.39 is 6.10 Å². The molecule has 0 bridgehead atoms. The Bertz CT molecular complexity index is 1460. The summed E-state index contributed by atoms with van der Waals surface area (Å²) in [4.78, 5) is 38.3. The number of carbonyl (C=O) groups is 3. The van der Waals surface area contributed by atoms with Crippen molar-refractivity contribution in [3.05, 3.63) is 97.2 Å². The summed E-state index contributed by atoms with van der Waals surface area (Å²) in [5, 5.41) is 0. The van der Waals surface area contributed by atoms with Gasteiger partial charge in [0.25, 0.3) is 0 Å². The lowest BCUT2D eigenvalue weighted by molar-refractivity contribution is -0.167. The van der Waals surface area contributed by atoms with Gasteiger partial charge in [-0.05, 0) is 103 Å². The highest BCUT2D eigenvalue weighted by molar-refractivity contribution is 5.71. The van der Waals surface area contributed by atoms with E-state index in [9.17, 15) is 14.4 Å². The molecule has 0 aromatic carbocycles. The number of unbranched alkanes of at least 4 members (excludes halogenated alkanes) is 29. The number of allylic oxidation sites excluding steroid dienone is 16. The number of ether oxygens (including phenoxy) is 3. The molecule has 0 saturated heterocycles. The monoisotopic (exact) mass is 1030 g/mol. The van der Waals surface area contributed by atoms with Crippen molar-refractivity contribution >= 4 is 17.9 Å². The fraction of sp³-hybridized carbons (Fsp3) is 0.721. The normalized spacial score (nSPS) is 12.7. The van der Waals surface area contributed by atoms with Gasteiger partial charge in [-0.3, -0.25) is 14.4 Å². The molecule has 0 amide bonds. The van der Waals surface area contributed by atoms with Gasteiger partial charge in [-0.25, -0.2) is 0 Å². The van der Waals surface area contributed by atoms with Crippen LogP contribution < -0.4 is 0 Å². The molecular formula is C68H116O6. The molecule has 0 N–H and O–H groups in total. The van der Waals surface area contributed by atoms with Gasteiger partial charge in [0.15, 0.2) is 6.10 Å². The summed E-state index contributed by atoms with van der Waals surface area (Å²) in [5.41, 5.74) is 0. The molecule has 0 aliphatic rings. The second-order valence-corrected chi connectivity index (χ2v) is 20.6. The van der Waals surface area contributed by atoms with Gasteiger partial charge in [0.1, 0.15) is 13.2 Å². The molecule has 0 aromatic heterocycles. The topological polar surface area (TPSA) is 78.9 Å². The molecule has 0 saturated carbocycles. The molecule has 6 nitrogen and oxygen atoms in total. The van der Waals surface area contributed by atoms with Crippen molar-refractivity contribution in [3.63, 3.8) is 0 Å². The third-order valence-electron chi connectivity index (χ3n) is 13.3. The summed E-state index contributed by atoms with van der Waals surface area (Å²) in [5.74, 6) is -0.905. The van der Waals surface area contributed by atoms with E-state index in [1.54, 1.807) is 0 Å². The highest BCUT2D eigenvalue weighted by atomic mass is 16.6. The number of hydrogen-bond donors (Lipinski definition) is 0. The smallest absolute Gasteiger partial charge is 0.306 e. The van der Waals surface area contributed by atoms with Crippen molar-refractivity contribution in [2.45, 2.75) is 303 Å². The van der Waals surface area contributed by atoms with Crippen LogP contribution in [-0.4, -0.2) is 37.2 Å². The average Bonchev–Trinajstić information content (AvgIpc) is 3.40. The van der Waals surface area contributed by atoms with E-state index in [0.29, 0.717) is 19.3 Å². The van der Waals surface area contributed by atoms with E-state index in [1.807, 2.05) is 0 Å². The van der Waals surface area contributed by atoms with Crippen LogP contribution in [-0.2, 0) is 28.6 Å². The number of rotatable bonds is 56. The highest BCUT2D eigenvalue weighted by Gasteiger charge is 2.19. The number of hydrogen-bond acceptors (Lipinski definition) is 6. The zero-order valence-electron chi connectivity index (χ0n) is 48.6. The molecule has 74 heavy (non-hydrogen) atoms. The largest absolute Gasteiger partial charge is 0.462 e. The van der Waals surface area contributed by atoms with Crippen LogP contribution in [0.1, 0.15) is 297 Å². The van der Waals surface area contributed by atoms with E-state index in [2.05, 4.69) is 118 Å². The van der Waals surface area contributed by atoms with Crippen molar-refractivity contribution in [2.75, 3.05) is 13.2 Å². The second-order valence-electron chi connectivity index (χ2n) is 20.6. The highest BCUT2D eigenvalue weighted by Crippen LogP contribution is 2.16. The average molecular weight is 1030 g/mol. The van der Waals surface area contributed by atoms with Crippen LogP contribution in [0.3, 0.4) is 0 Å². The Hall–Kier alpha value is -3.67. The van der Waals surface area contributed by atoms with E-state index >= 15 is 0 Å². The van der Waals surface area contributed by atoms with Crippen LogP contribution in [0.25, 0.3) is 0 Å². The summed E-state index contributed by atoms with van der Waals surface area (Å²) in [6, 6.07) is 0. The molecule has 0 rings (SSSR count). The maximum atomic E-state index is 12.9. The Labute approximate surface area is 457 Å². The van der Waals surface area contributed by atoms with Crippen LogP contribution in [0, 0.1) is 0 Å². The fourth-order valence-corrected chi connectivity index (χ4v) is 8.65. The molecule has 0 aliphatic carbocycles. The van der Waals surface area contributed by atoms with Gasteiger partial charge in [0, 0.05) is 19.3 Å². The molecule has 0 heterocycles. The minimum Gasteiger partial charge on any atom is -0.462 e. The predicted molar refractivity (Wildman–Crippen MR) is 320 cm³/mol. The first-order valence-corrected chi connectivity index (χ1v) is 31.2. The zero-order chi connectivity index (χ0) is 53.6. The molecule has 0 radical (unpaired) electrons. The minimum absolute atomic E-state index is 0.0859. The van der Waals surface area contributed by atoms with Crippen LogP contribution >= 0.6 is 0 Å². The van der Waals surface area contributed by atoms with E-state index in [1.165, 1.54) is 122 Å². The molecule has 0 aromatic rings. The Morgan fingerprint density at radius 3 is 0.838 bits per heavy atom. The maximum absolute atomic E-state index is 12.9. The van der Waals surface area contributed by atoms with Crippen molar-refractivity contribution < 1.29 is 28.6 Å². The lowest BCUT2D eigenvalue weighted by Crippen LogP contribution is -2.30. The predicted octanol–water partition coefficient (Wildman–Crippen LogP) is 21.3. The van der Waals surface area contributed by atoms with Crippen LogP contribution in [0.4, 0.5) is 0 Å². The van der Waals surface area contributed by atoms with E-state index in [-0.39, 0.29) is 31.1 Å². The van der Waals surface area contributed by atoms with Crippen molar-refractivity contribution in [1.29, 1.82) is 0 Å². The van der Waals surface area contributed by atoms with Gasteiger partial charge in [-0.2, -0.15) is 0 Å². The maximum Gasteiger partial charge on any atom is 0.306 e. The molecule has 1 unspecified atom stereocenters. The van der Waals surface area contributed by atoms with Crippen LogP contribution in [0.2, 0.25) is 0 Å². The quantitative estimate of drug-likeness (QED) is 0.0261. The minimum atomic E-state index is -0.791. The van der Waals surface area contributed by atoms with Gasteiger partial charge in [0.05, 0.1) is 0 Å². The van der Waals surface area contributed by atoms with Crippen molar-refractivity contribution in [1.82, 2.24) is 0 Å². The van der Waals surface area contributed by atoms with Crippen LogP contribution in [0.5, 0.6) is 0 Å². The Morgan fingerprint density at radius 1 is 0.284 bits per heavy atom. The Kier molecular flexibility index (Phi) is 58.8. The lowest BCUT2D eigenvalue weighted by atomic mass is 10.0. The van der Waals surface area contributed by atoms with Gasteiger partial charge in [0.2, 0.25) is 0 Å². The molecule has 424 valence electrons. The molecule has 6 heteroatoms. The Balaban J connectivity index is 4.39. The second kappa shape index (κ2) is 61.9. The molecule has 1 atom stereocenters. The third kappa shape index (κ3) is 59.2. The standard InChI is InChI=1S/C68H116O6/c1-4-7-10-13-16-19-22-25-28-30-31-32-33-34-35-36-37-38-41-43-46-49-52-55-58-61-67(70)73-64-65(63-72-66(69)60-57-54-51-48-45-42-39-27-24-21-18-15-12-9-6-3)74-68(71)62-59-56-53-50-47-44-40-29-26-23-20-17-14-11-8-5-2/h7,10,16,19-20,23,25,28-29,31-32,34-35,37-38,40,65H,4-6,8-9,11-15,17-18,21-22,24,26-27,30,33,36,39,41-64H2,1-3H3/b10-7-,19-16-,23-20-,28-25-,32-31-,35-34-,38-37-,40-29-. The van der Waals surface area contributed by atoms with Gasteiger partial charge in [-0.15, -0.1) is 0 Å². The molecule has 0 aliphatic heterocycles. The van der Waals surface area contributed by atoms with Gasteiger partial charge < -0.3 is 14.2 Å². The molecule has 0 fully saturated rings. The molecular weight excluding hydrogens is 913 g/mol. The first-order chi connectivity index (χ1) is 36.5. The first kappa shape index (κ1) is 70.3. The van der Waals surface area contributed by atoms with Gasteiger partial charge in [-0.1, -0.05) is 272 Å². The van der Waals surface area contributed by atoms with E-state index in [0.717, 1.165) is 135 Å². The number of esters is 3. The van der Waals surface area contributed by atoms with Crippen molar-refractivity contribution in [3.8, 4) is 0 Å². The fourth-order valence-electron chi connectivity index (χ4n) is 8.65. The molecule has 0 spiro atoms. The van der Waals surface area contributed by atoms with Gasteiger partial charge >= 0.3 is 17.9 Å². The lowest BCUT2D eigenvalue weighted by Gasteiger charge is -2.18. The zero-order valence-corrected chi connectivity index (χ0v) is 48.6. The van der Waals surface area contributed by atoms with Crippen LogP contribution in [0.15, 0.2) is 97.2 Å². The summed E-state index contributed by atoms with van der Waals surface area (Å²) in [6.07, 6.45) is 82.6. The summed E-state index contributed by atoms with van der Waals surface area (Å²) in [6.45, 7) is 6.51. The summed E-state index contributed by atoms with van der Waals surface area (Å²) in [7, 11) is 0. The summed E-state index contributed by atoms with van der Waals surface area (Å²) < 4.78 is 16.9. The third-order valence-corrected chi connectivity index (χ3v) is 13.3. The van der Waals surface area contributed by atoms with Crippen molar-refractivity contribution in [2.24, 2.45) is 0 Å². The number of carbonyl (C=O) groups excluding carboxylic acids is 3. The summed E-state index contributed by atoms with van der Waals surface area (Å²) >= 11 is 0. The Morgan fingerprint density at radius 2 is 0.527 bits per heavy atom.